The van der Waals surface area contributed by atoms with Gasteiger partial charge in [0.15, 0.2) is 0 Å². The monoisotopic (exact) mass is 243 g/mol. The van der Waals surface area contributed by atoms with Crippen molar-refractivity contribution in [3.05, 3.63) is 0 Å². The largest absolute Gasteiger partial charge is 0.389 e. The lowest BCUT2D eigenvalue weighted by molar-refractivity contribution is 0.0465. The predicted octanol–water partition coefficient (Wildman–Crippen LogP) is 0.502. The van der Waals surface area contributed by atoms with Crippen molar-refractivity contribution in [2.75, 3.05) is 39.3 Å². The molecule has 0 aromatic heterocycles. The number of aliphatic hydroxyl groups is 1. The van der Waals surface area contributed by atoms with Gasteiger partial charge in [-0.1, -0.05) is 6.92 Å². The Bertz CT molecular complexity index is 221. The molecule has 0 aromatic carbocycles. The molecule has 0 spiro atoms. The zero-order valence-corrected chi connectivity index (χ0v) is 11.7. The second-order valence-electron chi connectivity index (χ2n) is 5.58. The third-order valence-corrected chi connectivity index (χ3v) is 3.88. The lowest BCUT2D eigenvalue weighted by Gasteiger charge is -2.39. The summed E-state index contributed by atoms with van der Waals surface area (Å²) in [6.07, 6.45) is 1.83. The molecule has 1 rings (SSSR count). The maximum atomic E-state index is 9.83. The molecule has 0 amide bonds. The van der Waals surface area contributed by atoms with Gasteiger partial charge in [0.1, 0.15) is 0 Å². The lowest BCUT2D eigenvalue weighted by atomic mass is 10.0. The fourth-order valence-corrected chi connectivity index (χ4v) is 2.53. The SMILES string of the molecule is CCN1CCN(CCCC(C)(O)CN)CC1C. The van der Waals surface area contributed by atoms with E-state index in [-0.39, 0.29) is 0 Å². The number of likely N-dealkylation sites (N-methyl/N-ethyl adjacent to an activating group) is 1. The van der Waals surface area contributed by atoms with E-state index in [1.807, 2.05) is 6.92 Å². The van der Waals surface area contributed by atoms with Crippen molar-refractivity contribution in [3.63, 3.8) is 0 Å². The van der Waals surface area contributed by atoms with Crippen LogP contribution in [0.1, 0.15) is 33.6 Å². The minimum atomic E-state index is -0.684. The van der Waals surface area contributed by atoms with Crippen LogP contribution >= 0.6 is 0 Å². The van der Waals surface area contributed by atoms with Crippen molar-refractivity contribution in [1.29, 1.82) is 0 Å². The molecule has 4 heteroatoms. The van der Waals surface area contributed by atoms with Crippen LogP contribution in [0.3, 0.4) is 0 Å². The number of hydrogen-bond donors (Lipinski definition) is 2. The Hall–Kier alpha value is -0.160. The summed E-state index contributed by atoms with van der Waals surface area (Å²) in [5.74, 6) is 0. The molecular formula is C13H29N3O. The van der Waals surface area contributed by atoms with Crippen LogP contribution < -0.4 is 5.73 Å². The summed E-state index contributed by atoms with van der Waals surface area (Å²) >= 11 is 0. The molecule has 1 aliphatic heterocycles. The number of nitrogens with two attached hydrogens (primary N) is 1. The fourth-order valence-electron chi connectivity index (χ4n) is 2.53. The van der Waals surface area contributed by atoms with Gasteiger partial charge < -0.3 is 15.7 Å². The summed E-state index contributed by atoms with van der Waals surface area (Å²) in [6, 6.07) is 0.656. The van der Waals surface area contributed by atoms with Crippen molar-refractivity contribution >= 4 is 0 Å². The Morgan fingerprint density at radius 1 is 1.41 bits per heavy atom. The second-order valence-corrected chi connectivity index (χ2v) is 5.58. The van der Waals surface area contributed by atoms with Crippen LogP contribution in [0.4, 0.5) is 0 Å². The minimum absolute atomic E-state index is 0.354. The second kappa shape index (κ2) is 6.69. The first-order valence-electron chi connectivity index (χ1n) is 6.87. The van der Waals surface area contributed by atoms with Crippen LogP contribution in [0.25, 0.3) is 0 Å². The summed E-state index contributed by atoms with van der Waals surface area (Å²) in [7, 11) is 0. The van der Waals surface area contributed by atoms with E-state index in [1.54, 1.807) is 0 Å². The van der Waals surface area contributed by atoms with Crippen LogP contribution in [0.5, 0.6) is 0 Å². The van der Waals surface area contributed by atoms with Crippen molar-refractivity contribution < 1.29 is 5.11 Å². The van der Waals surface area contributed by atoms with Gasteiger partial charge in [-0.3, -0.25) is 4.90 Å². The summed E-state index contributed by atoms with van der Waals surface area (Å²) < 4.78 is 0. The zero-order valence-electron chi connectivity index (χ0n) is 11.7. The maximum Gasteiger partial charge on any atom is 0.0741 e. The van der Waals surface area contributed by atoms with Gasteiger partial charge in [-0.25, -0.2) is 0 Å². The van der Waals surface area contributed by atoms with E-state index >= 15 is 0 Å². The highest BCUT2D eigenvalue weighted by atomic mass is 16.3. The van der Waals surface area contributed by atoms with E-state index in [4.69, 9.17) is 5.73 Å². The molecule has 1 heterocycles. The first kappa shape index (κ1) is 14.9. The molecule has 0 radical (unpaired) electrons. The van der Waals surface area contributed by atoms with Gasteiger partial charge >= 0.3 is 0 Å². The van der Waals surface area contributed by atoms with Gasteiger partial charge in [0.25, 0.3) is 0 Å². The number of piperazine rings is 1. The standard InChI is InChI=1S/C13H29N3O/c1-4-16-9-8-15(10-12(16)2)7-5-6-13(3,17)11-14/h12,17H,4-11,14H2,1-3H3. The van der Waals surface area contributed by atoms with E-state index in [0.717, 1.165) is 39.0 Å². The summed E-state index contributed by atoms with van der Waals surface area (Å²) in [5, 5.41) is 9.83. The van der Waals surface area contributed by atoms with Crippen LogP contribution in [-0.2, 0) is 0 Å². The van der Waals surface area contributed by atoms with E-state index < -0.39 is 5.60 Å². The Labute approximate surface area is 106 Å². The molecule has 1 aliphatic rings. The van der Waals surface area contributed by atoms with E-state index in [9.17, 15) is 5.11 Å². The van der Waals surface area contributed by atoms with Crippen molar-refractivity contribution in [3.8, 4) is 0 Å². The Balaban J connectivity index is 2.21. The third-order valence-electron chi connectivity index (χ3n) is 3.88. The molecule has 1 saturated heterocycles. The predicted molar refractivity (Wildman–Crippen MR) is 72.1 cm³/mol. The number of rotatable bonds is 6. The molecule has 0 aromatic rings. The molecule has 2 atom stereocenters. The summed E-state index contributed by atoms with van der Waals surface area (Å²) in [6.45, 7) is 12.4. The molecule has 1 fully saturated rings. The number of hydrogen-bond acceptors (Lipinski definition) is 4. The van der Waals surface area contributed by atoms with Crippen molar-refractivity contribution in [2.24, 2.45) is 5.73 Å². The highest BCUT2D eigenvalue weighted by Gasteiger charge is 2.23. The summed E-state index contributed by atoms with van der Waals surface area (Å²) in [4.78, 5) is 5.02. The van der Waals surface area contributed by atoms with Gasteiger partial charge in [0.05, 0.1) is 5.60 Å². The van der Waals surface area contributed by atoms with Crippen LogP contribution in [-0.4, -0.2) is 65.8 Å². The zero-order chi connectivity index (χ0) is 12.9. The third kappa shape index (κ3) is 4.92. The molecule has 17 heavy (non-hydrogen) atoms. The quantitative estimate of drug-likeness (QED) is 0.713. The van der Waals surface area contributed by atoms with Crippen LogP contribution in [0, 0.1) is 0 Å². The van der Waals surface area contributed by atoms with Gasteiger partial charge in [-0.05, 0) is 39.8 Å². The molecular weight excluding hydrogens is 214 g/mol. The lowest BCUT2D eigenvalue weighted by Crippen LogP contribution is -2.51. The van der Waals surface area contributed by atoms with Gasteiger partial charge in [-0.2, -0.15) is 0 Å². The fraction of sp³-hybridized carbons (Fsp3) is 1.00. The molecule has 0 aliphatic carbocycles. The van der Waals surface area contributed by atoms with Gasteiger partial charge in [-0.15, -0.1) is 0 Å². The Morgan fingerprint density at radius 3 is 2.65 bits per heavy atom. The molecule has 102 valence electrons. The van der Waals surface area contributed by atoms with E-state index in [1.165, 1.54) is 6.54 Å². The van der Waals surface area contributed by atoms with E-state index in [2.05, 4.69) is 23.6 Å². The van der Waals surface area contributed by atoms with Crippen LogP contribution in [0.15, 0.2) is 0 Å². The first-order chi connectivity index (χ1) is 7.98. The number of nitrogens with zero attached hydrogens (tertiary/aromatic N) is 2. The summed E-state index contributed by atoms with van der Waals surface area (Å²) in [5.41, 5.74) is 4.83. The average molecular weight is 243 g/mol. The first-order valence-corrected chi connectivity index (χ1v) is 6.87. The van der Waals surface area contributed by atoms with E-state index in [0.29, 0.717) is 12.6 Å². The smallest absolute Gasteiger partial charge is 0.0741 e. The normalized spacial score (nSPS) is 27.0. The minimum Gasteiger partial charge on any atom is -0.389 e. The molecule has 2 unspecified atom stereocenters. The highest BCUT2D eigenvalue weighted by molar-refractivity contribution is 4.79. The Morgan fingerprint density at radius 2 is 2.12 bits per heavy atom. The molecule has 0 bridgehead atoms. The maximum absolute atomic E-state index is 9.83. The van der Waals surface area contributed by atoms with Crippen molar-refractivity contribution in [1.82, 2.24) is 9.80 Å². The van der Waals surface area contributed by atoms with Crippen molar-refractivity contribution in [2.45, 2.75) is 45.3 Å². The molecule has 0 saturated carbocycles. The molecule has 3 N–H and O–H groups in total. The van der Waals surface area contributed by atoms with Gasteiger partial charge in [0, 0.05) is 32.2 Å². The Kier molecular flexibility index (Phi) is 5.86. The molecule has 4 nitrogen and oxygen atoms in total. The average Bonchev–Trinajstić information content (AvgIpc) is 2.29. The highest BCUT2D eigenvalue weighted by Crippen LogP contribution is 2.13. The topological polar surface area (TPSA) is 52.7 Å². The van der Waals surface area contributed by atoms with Gasteiger partial charge in [0.2, 0.25) is 0 Å². The van der Waals surface area contributed by atoms with Crippen LogP contribution in [0.2, 0.25) is 0 Å².